The Bertz CT molecular complexity index is 603. The molecule has 1 aromatic rings. The average molecular weight is 316 g/mol. The number of rotatable bonds is 7. The minimum absolute atomic E-state index is 0.330. The second-order valence-corrected chi connectivity index (χ2v) is 6.15. The Hall–Kier alpha value is -2.39. The van der Waals surface area contributed by atoms with E-state index in [0.29, 0.717) is 17.8 Å². The van der Waals surface area contributed by atoms with Gasteiger partial charge in [0.1, 0.15) is 11.5 Å². The van der Waals surface area contributed by atoms with Crippen molar-refractivity contribution in [2.75, 3.05) is 32.5 Å². The summed E-state index contributed by atoms with van der Waals surface area (Å²) in [6, 6.07) is 8.72. The molecule has 0 aromatic heterocycles. The van der Waals surface area contributed by atoms with E-state index in [1.165, 1.54) is 0 Å². The van der Waals surface area contributed by atoms with E-state index < -0.39 is 11.3 Å². The summed E-state index contributed by atoms with van der Waals surface area (Å²) in [6.45, 7) is 4.52. The topological polar surface area (TPSA) is 85.2 Å². The van der Waals surface area contributed by atoms with Crippen LogP contribution in [-0.2, 0) is 9.59 Å². The fourth-order valence-corrected chi connectivity index (χ4v) is 1.89. The molecular weight excluding hydrogens is 292 g/mol. The van der Waals surface area contributed by atoms with Crippen LogP contribution in [0.5, 0.6) is 0 Å². The van der Waals surface area contributed by atoms with Crippen LogP contribution in [0, 0.1) is 16.7 Å². The number of nitriles is 1. The third-order valence-electron chi connectivity index (χ3n) is 3.50. The number of hydrogen-bond donors (Lipinski definition) is 2. The van der Waals surface area contributed by atoms with E-state index in [1.54, 1.807) is 38.1 Å². The van der Waals surface area contributed by atoms with Crippen LogP contribution in [0.3, 0.4) is 0 Å². The molecule has 6 heteroatoms. The van der Waals surface area contributed by atoms with E-state index in [-0.39, 0.29) is 5.91 Å². The van der Waals surface area contributed by atoms with Crippen LogP contribution in [-0.4, -0.2) is 43.9 Å². The molecule has 23 heavy (non-hydrogen) atoms. The lowest BCUT2D eigenvalue weighted by Crippen LogP contribution is -2.45. The minimum atomic E-state index is -1.22. The second kappa shape index (κ2) is 8.30. The van der Waals surface area contributed by atoms with Crippen molar-refractivity contribution in [3.8, 4) is 6.07 Å². The first-order valence-corrected chi connectivity index (χ1v) is 7.52. The number of nitrogens with zero attached hydrogens (tertiary/aromatic N) is 2. The van der Waals surface area contributed by atoms with Crippen LogP contribution in [0.1, 0.15) is 25.8 Å². The van der Waals surface area contributed by atoms with Gasteiger partial charge in [-0.2, -0.15) is 5.26 Å². The number of carbonyl (C=O) groups is 2. The molecule has 0 saturated heterocycles. The van der Waals surface area contributed by atoms with Crippen molar-refractivity contribution in [2.45, 2.75) is 20.3 Å². The normalized spacial score (nSPS) is 11.0. The molecule has 1 rings (SSSR count). The number of carbonyl (C=O) groups excluding carboxylic acids is 2. The number of amides is 2. The highest BCUT2D eigenvalue weighted by atomic mass is 16.2. The predicted octanol–water partition coefficient (Wildman–Crippen LogP) is 1.59. The van der Waals surface area contributed by atoms with Gasteiger partial charge in [-0.15, -0.1) is 0 Å². The summed E-state index contributed by atoms with van der Waals surface area (Å²) in [5.74, 6) is -0.770. The van der Waals surface area contributed by atoms with Gasteiger partial charge in [0, 0.05) is 6.54 Å². The zero-order chi connectivity index (χ0) is 17.5. The smallest absolute Gasteiger partial charge is 0.239 e. The van der Waals surface area contributed by atoms with Crippen molar-refractivity contribution in [1.82, 2.24) is 10.2 Å². The summed E-state index contributed by atoms with van der Waals surface area (Å²) in [5.41, 5.74) is -0.447. The standard InChI is InChI=1S/C17H24N4O2/c1-17(2,15(22)19-10-7-11-21(3)4)16(23)20-14-9-6-5-8-13(14)12-18/h5-6,8-9H,7,10-11H2,1-4H3,(H,19,22)(H,20,23). The van der Waals surface area contributed by atoms with Crippen LogP contribution < -0.4 is 10.6 Å². The summed E-state index contributed by atoms with van der Waals surface area (Å²) in [5, 5.41) is 14.5. The van der Waals surface area contributed by atoms with Crippen LogP contribution in [0.15, 0.2) is 24.3 Å². The van der Waals surface area contributed by atoms with E-state index in [4.69, 9.17) is 5.26 Å². The Morgan fingerprint density at radius 1 is 1.22 bits per heavy atom. The Kier molecular flexibility index (Phi) is 6.73. The summed E-state index contributed by atoms with van der Waals surface area (Å²) >= 11 is 0. The summed E-state index contributed by atoms with van der Waals surface area (Å²) in [4.78, 5) is 26.7. The van der Waals surface area contributed by atoms with Gasteiger partial charge in [-0.25, -0.2) is 0 Å². The van der Waals surface area contributed by atoms with Gasteiger partial charge in [0.15, 0.2) is 0 Å². The maximum absolute atomic E-state index is 12.4. The van der Waals surface area contributed by atoms with Crippen LogP contribution in [0.4, 0.5) is 5.69 Å². The predicted molar refractivity (Wildman–Crippen MR) is 89.7 cm³/mol. The molecule has 0 aliphatic heterocycles. The van der Waals surface area contributed by atoms with Gasteiger partial charge in [-0.3, -0.25) is 9.59 Å². The highest BCUT2D eigenvalue weighted by molar-refractivity contribution is 6.10. The van der Waals surface area contributed by atoms with E-state index in [1.807, 2.05) is 25.1 Å². The molecule has 2 amide bonds. The van der Waals surface area contributed by atoms with Crippen molar-refractivity contribution < 1.29 is 9.59 Å². The second-order valence-electron chi connectivity index (χ2n) is 6.15. The van der Waals surface area contributed by atoms with Crippen LogP contribution in [0.25, 0.3) is 0 Å². The first-order chi connectivity index (χ1) is 10.8. The molecule has 0 bridgehead atoms. The molecule has 1 aromatic carbocycles. The summed E-state index contributed by atoms with van der Waals surface area (Å²) in [6.07, 6.45) is 0.813. The quantitative estimate of drug-likeness (QED) is 0.591. The Balaban J connectivity index is 2.66. The molecule has 0 atom stereocenters. The molecule has 0 saturated carbocycles. The molecule has 0 heterocycles. The third kappa shape index (κ3) is 5.38. The highest BCUT2D eigenvalue weighted by Crippen LogP contribution is 2.21. The monoisotopic (exact) mass is 316 g/mol. The van der Waals surface area contributed by atoms with Gasteiger partial charge in [-0.05, 0) is 53.0 Å². The molecular formula is C17H24N4O2. The molecule has 0 unspecified atom stereocenters. The Labute approximate surface area is 137 Å². The van der Waals surface area contributed by atoms with E-state index in [2.05, 4.69) is 10.6 Å². The number of nitrogens with one attached hydrogen (secondary N) is 2. The molecule has 0 spiro atoms. The first kappa shape index (κ1) is 18.7. The van der Waals surface area contributed by atoms with E-state index >= 15 is 0 Å². The van der Waals surface area contributed by atoms with Crippen molar-refractivity contribution >= 4 is 17.5 Å². The zero-order valence-corrected chi connectivity index (χ0v) is 14.1. The summed E-state index contributed by atoms with van der Waals surface area (Å²) in [7, 11) is 3.93. The largest absolute Gasteiger partial charge is 0.355 e. The SMILES string of the molecule is CN(C)CCCNC(=O)C(C)(C)C(=O)Nc1ccccc1C#N. The molecule has 0 aliphatic rings. The van der Waals surface area contributed by atoms with Crippen molar-refractivity contribution in [2.24, 2.45) is 5.41 Å². The lowest BCUT2D eigenvalue weighted by Gasteiger charge is -2.23. The molecule has 0 fully saturated rings. The minimum Gasteiger partial charge on any atom is -0.355 e. The van der Waals surface area contributed by atoms with E-state index in [0.717, 1.165) is 13.0 Å². The molecule has 124 valence electrons. The fraction of sp³-hybridized carbons (Fsp3) is 0.471. The van der Waals surface area contributed by atoms with Gasteiger partial charge in [0.2, 0.25) is 11.8 Å². The first-order valence-electron chi connectivity index (χ1n) is 7.52. The maximum Gasteiger partial charge on any atom is 0.239 e. The van der Waals surface area contributed by atoms with Crippen LogP contribution in [0.2, 0.25) is 0 Å². The van der Waals surface area contributed by atoms with Gasteiger partial charge in [0.05, 0.1) is 11.3 Å². The molecule has 0 radical (unpaired) electrons. The zero-order valence-electron chi connectivity index (χ0n) is 14.1. The maximum atomic E-state index is 12.4. The van der Waals surface area contributed by atoms with Crippen molar-refractivity contribution in [3.05, 3.63) is 29.8 Å². The number of anilines is 1. The molecule has 0 aliphatic carbocycles. The Morgan fingerprint density at radius 2 is 1.87 bits per heavy atom. The summed E-state index contributed by atoms with van der Waals surface area (Å²) < 4.78 is 0. The number of hydrogen-bond acceptors (Lipinski definition) is 4. The fourth-order valence-electron chi connectivity index (χ4n) is 1.89. The Morgan fingerprint density at radius 3 is 2.48 bits per heavy atom. The van der Waals surface area contributed by atoms with Gasteiger partial charge in [-0.1, -0.05) is 12.1 Å². The van der Waals surface area contributed by atoms with Gasteiger partial charge >= 0.3 is 0 Å². The average Bonchev–Trinajstić information content (AvgIpc) is 2.51. The molecule has 2 N–H and O–H groups in total. The van der Waals surface area contributed by atoms with Crippen molar-refractivity contribution in [1.29, 1.82) is 5.26 Å². The third-order valence-corrected chi connectivity index (χ3v) is 3.50. The van der Waals surface area contributed by atoms with Crippen LogP contribution >= 0.6 is 0 Å². The number of benzene rings is 1. The lowest BCUT2D eigenvalue weighted by molar-refractivity contribution is -0.138. The van der Waals surface area contributed by atoms with Crippen molar-refractivity contribution in [3.63, 3.8) is 0 Å². The van der Waals surface area contributed by atoms with E-state index in [9.17, 15) is 9.59 Å². The van der Waals surface area contributed by atoms with Gasteiger partial charge in [0.25, 0.3) is 0 Å². The van der Waals surface area contributed by atoms with Gasteiger partial charge < -0.3 is 15.5 Å². The highest BCUT2D eigenvalue weighted by Gasteiger charge is 2.36. The lowest BCUT2D eigenvalue weighted by atomic mass is 9.90. The number of para-hydroxylation sites is 1. The molecule has 6 nitrogen and oxygen atoms in total.